The fourth-order valence-electron chi connectivity index (χ4n) is 2.83. The summed E-state index contributed by atoms with van der Waals surface area (Å²) >= 11 is 0. The van der Waals surface area contributed by atoms with Gasteiger partial charge in [0.25, 0.3) is 0 Å². The lowest BCUT2D eigenvalue weighted by Gasteiger charge is -2.16. The smallest absolute Gasteiger partial charge is 0.159 e. The Morgan fingerprint density at radius 2 is 1.63 bits per heavy atom. The fourth-order valence-corrected chi connectivity index (χ4v) is 2.83. The molecule has 96 valence electrons. The van der Waals surface area contributed by atoms with E-state index in [9.17, 15) is 4.79 Å². The van der Waals surface area contributed by atoms with E-state index in [4.69, 9.17) is 0 Å². The van der Waals surface area contributed by atoms with Gasteiger partial charge in [-0.2, -0.15) is 0 Å². The van der Waals surface area contributed by atoms with Crippen molar-refractivity contribution in [1.29, 1.82) is 0 Å². The molecule has 0 spiro atoms. The lowest BCUT2D eigenvalue weighted by atomic mass is 9.89. The molecule has 2 aromatic rings. The molecule has 3 rings (SSSR count). The molecule has 0 aliphatic heterocycles. The Kier molecular flexibility index (Phi) is 3.20. The van der Waals surface area contributed by atoms with Crippen molar-refractivity contribution < 1.29 is 4.79 Å². The van der Waals surface area contributed by atoms with Crippen molar-refractivity contribution >= 4 is 5.78 Å². The first-order chi connectivity index (χ1) is 9.24. The molecule has 19 heavy (non-hydrogen) atoms. The van der Waals surface area contributed by atoms with E-state index < -0.39 is 0 Å². The fraction of sp³-hybridized carbons (Fsp3) is 0.278. The van der Waals surface area contributed by atoms with Crippen LogP contribution in [0.3, 0.4) is 0 Å². The zero-order valence-corrected chi connectivity index (χ0v) is 11.3. The van der Waals surface area contributed by atoms with Crippen molar-refractivity contribution in [2.75, 3.05) is 0 Å². The zero-order valence-electron chi connectivity index (χ0n) is 11.3. The number of rotatable bonds is 2. The van der Waals surface area contributed by atoms with Gasteiger partial charge in [0.2, 0.25) is 0 Å². The minimum Gasteiger partial charge on any atom is -0.295 e. The first kappa shape index (κ1) is 12.2. The van der Waals surface area contributed by atoms with Crippen LogP contribution in [0, 0.1) is 0 Å². The van der Waals surface area contributed by atoms with Gasteiger partial charge in [0.1, 0.15) is 0 Å². The molecule has 1 aliphatic rings. The Labute approximate surface area is 114 Å². The second-order valence-corrected chi connectivity index (χ2v) is 5.33. The lowest BCUT2D eigenvalue weighted by molar-refractivity contribution is 0.101. The minimum atomic E-state index is 0.125. The third-order valence-corrected chi connectivity index (χ3v) is 3.95. The van der Waals surface area contributed by atoms with E-state index in [2.05, 4.69) is 24.3 Å². The second kappa shape index (κ2) is 5.00. The van der Waals surface area contributed by atoms with Crippen LogP contribution in [0.1, 0.15) is 41.3 Å². The maximum atomic E-state index is 11.5. The number of ketones is 1. The minimum absolute atomic E-state index is 0.125. The van der Waals surface area contributed by atoms with Crippen molar-refractivity contribution in [3.05, 3.63) is 59.2 Å². The van der Waals surface area contributed by atoms with E-state index >= 15 is 0 Å². The third kappa shape index (κ3) is 2.46. The van der Waals surface area contributed by atoms with Gasteiger partial charge in [0, 0.05) is 5.56 Å². The topological polar surface area (TPSA) is 17.1 Å². The number of carbonyl (C=O) groups excluding carboxylic acids is 1. The highest BCUT2D eigenvalue weighted by molar-refractivity contribution is 5.95. The van der Waals surface area contributed by atoms with E-state index in [1.807, 2.05) is 18.2 Å². The summed E-state index contributed by atoms with van der Waals surface area (Å²) in [6, 6.07) is 14.7. The molecular formula is C18H18O. The maximum absolute atomic E-state index is 11.5. The molecule has 1 heteroatoms. The van der Waals surface area contributed by atoms with E-state index in [0.717, 1.165) is 11.1 Å². The highest BCUT2D eigenvalue weighted by Gasteiger charge is 2.10. The van der Waals surface area contributed by atoms with E-state index in [0.29, 0.717) is 0 Å². The van der Waals surface area contributed by atoms with Crippen LogP contribution in [0.25, 0.3) is 11.1 Å². The van der Waals surface area contributed by atoms with Crippen molar-refractivity contribution in [2.24, 2.45) is 0 Å². The highest BCUT2D eigenvalue weighted by Crippen LogP contribution is 2.27. The Balaban J connectivity index is 2.02. The number of hydrogen-bond donors (Lipinski definition) is 0. The summed E-state index contributed by atoms with van der Waals surface area (Å²) in [6.45, 7) is 1.62. The quantitative estimate of drug-likeness (QED) is 0.720. The average molecular weight is 250 g/mol. The summed E-state index contributed by atoms with van der Waals surface area (Å²) in [5.74, 6) is 0.125. The molecule has 0 saturated heterocycles. The van der Waals surface area contributed by atoms with Crippen LogP contribution in [-0.4, -0.2) is 5.78 Å². The van der Waals surface area contributed by atoms with Crippen LogP contribution >= 0.6 is 0 Å². The monoisotopic (exact) mass is 250 g/mol. The lowest BCUT2D eigenvalue weighted by Crippen LogP contribution is -2.02. The van der Waals surface area contributed by atoms with Gasteiger partial charge < -0.3 is 0 Å². The van der Waals surface area contributed by atoms with Gasteiger partial charge in [0.15, 0.2) is 5.78 Å². The number of carbonyl (C=O) groups is 1. The van der Waals surface area contributed by atoms with E-state index in [-0.39, 0.29) is 5.78 Å². The number of fused-ring (bicyclic) bond motifs is 1. The molecule has 0 N–H and O–H groups in total. The van der Waals surface area contributed by atoms with Gasteiger partial charge >= 0.3 is 0 Å². The maximum Gasteiger partial charge on any atom is 0.159 e. The predicted molar refractivity (Wildman–Crippen MR) is 78.5 cm³/mol. The van der Waals surface area contributed by atoms with Crippen LogP contribution < -0.4 is 0 Å². The van der Waals surface area contributed by atoms with Crippen LogP contribution in [0.4, 0.5) is 0 Å². The Morgan fingerprint density at radius 1 is 0.895 bits per heavy atom. The first-order valence-corrected chi connectivity index (χ1v) is 6.97. The van der Waals surface area contributed by atoms with Gasteiger partial charge in [-0.3, -0.25) is 4.79 Å². The standard InChI is InChI=1S/C18H18O/c1-13(19)15-7-4-8-17(11-15)18-10-9-14-5-2-3-6-16(14)12-18/h4,7-12H,2-3,5-6H2,1H3. The molecule has 0 bridgehead atoms. The molecule has 0 radical (unpaired) electrons. The Hall–Kier alpha value is -1.89. The van der Waals surface area contributed by atoms with Crippen LogP contribution in [-0.2, 0) is 12.8 Å². The number of hydrogen-bond acceptors (Lipinski definition) is 1. The third-order valence-electron chi connectivity index (χ3n) is 3.95. The summed E-state index contributed by atoms with van der Waals surface area (Å²) in [5, 5.41) is 0. The van der Waals surface area contributed by atoms with Gasteiger partial charge in [0.05, 0.1) is 0 Å². The highest BCUT2D eigenvalue weighted by atomic mass is 16.1. The van der Waals surface area contributed by atoms with Crippen molar-refractivity contribution in [2.45, 2.75) is 32.6 Å². The summed E-state index contributed by atoms with van der Waals surface area (Å²) < 4.78 is 0. The first-order valence-electron chi connectivity index (χ1n) is 6.97. The van der Waals surface area contributed by atoms with Crippen LogP contribution in [0.15, 0.2) is 42.5 Å². The molecule has 0 unspecified atom stereocenters. The van der Waals surface area contributed by atoms with E-state index in [1.54, 1.807) is 6.92 Å². The van der Waals surface area contributed by atoms with Gasteiger partial charge in [-0.15, -0.1) is 0 Å². The molecular weight excluding hydrogens is 232 g/mol. The number of Topliss-reactive ketones (excluding diaryl/α,β-unsaturated/α-hetero) is 1. The molecule has 0 saturated carbocycles. The van der Waals surface area contributed by atoms with Gasteiger partial charge in [-0.05, 0) is 60.9 Å². The summed E-state index contributed by atoms with van der Waals surface area (Å²) in [6.07, 6.45) is 5.01. The SMILES string of the molecule is CC(=O)c1cccc(-c2ccc3c(c2)CCCC3)c1. The van der Waals surface area contributed by atoms with Gasteiger partial charge in [-0.1, -0.05) is 36.4 Å². The number of benzene rings is 2. The molecule has 1 aliphatic carbocycles. The van der Waals surface area contributed by atoms with Crippen molar-refractivity contribution in [1.82, 2.24) is 0 Å². The van der Waals surface area contributed by atoms with Crippen LogP contribution in [0.2, 0.25) is 0 Å². The average Bonchev–Trinajstić information content (AvgIpc) is 2.47. The largest absolute Gasteiger partial charge is 0.295 e. The summed E-state index contributed by atoms with van der Waals surface area (Å²) in [4.78, 5) is 11.5. The Morgan fingerprint density at radius 3 is 2.42 bits per heavy atom. The van der Waals surface area contributed by atoms with Crippen LogP contribution in [0.5, 0.6) is 0 Å². The second-order valence-electron chi connectivity index (χ2n) is 5.33. The van der Waals surface area contributed by atoms with E-state index in [1.165, 1.54) is 42.4 Å². The van der Waals surface area contributed by atoms with Crippen molar-refractivity contribution in [3.8, 4) is 11.1 Å². The zero-order chi connectivity index (χ0) is 13.2. The molecule has 2 aromatic carbocycles. The summed E-state index contributed by atoms with van der Waals surface area (Å²) in [5.41, 5.74) is 6.13. The molecule has 0 aromatic heterocycles. The molecule has 0 atom stereocenters. The van der Waals surface area contributed by atoms with Gasteiger partial charge in [-0.25, -0.2) is 0 Å². The van der Waals surface area contributed by atoms with Crippen molar-refractivity contribution in [3.63, 3.8) is 0 Å². The molecule has 0 amide bonds. The predicted octanol–water partition coefficient (Wildman–Crippen LogP) is 4.44. The molecule has 0 heterocycles. The summed E-state index contributed by atoms with van der Waals surface area (Å²) in [7, 11) is 0. The Bertz CT molecular complexity index is 625. The molecule has 1 nitrogen and oxygen atoms in total. The molecule has 0 fully saturated rings. The normalized spacial score (nSPS) is 13.9. The number of aryl methyl sites for hydroxylation is 2.